The molecule has 0 radical (unpaired) electrons. The fraction of sp³-hybridized carbons (Fsp3) is 0.189. The van der Waals surface area contributed by atoms with Crippen LogP contribution in [0.1, 0.15) is 76.1 Å². The first-order chi connectivity index (χ1) is 37.0. The zero-order valence-electron chi connectivity index (χ0n) is 43.1. The molecule has 0 aliphatic carbocycles. The Balaban J connectivity index is 0.000000256. The van der Waals surface area contributed by atoms with Crippen LogP contribution in [-0.4, -0.2) is 89.2 Å². The fourth-order valence-electron chi connectivity index (χ4n) is 6.85. The maximum atomic E-state index is 12.3. The molecule has 0 amide bonds. The smallest absolute Gasteiger partial charge is 0.338 e. The molecule has 6 rings (SSSR count). The average Bonchev–Trinajstić information content (AvgIpc) is 3.81. The molecule has 26 nitrogen and oxygen atoms in total. The third-order valence-corrected chi connectivity index (χ3v) is 9.58. The number of methoxy groups -OCH3 is 2. The van der Waals surface area contributed by atoms with E-state index in [0.29, 0.717) is 0 Å². The monoisotopic (exact) mass is 1100 g/mol. The molecule has 79 heavy (non-hydrogen) atoms. The second-order valence-corrected chi connectivity index (χ2v) is 15.7. The van der Waals surface area contributed by atoms with E-state index in [0.717, 1.165) is 99.9 Å². The van der Waals surface area contributed by atoms with Gasteiger partial charge in [0, 0.05) is 67.5 Å². The van der Waals surface area contributed by atoms with Gasteiger partial charge < -0.3 is 62.7 Å². The van der Waals surface area contributed by atoms with Crippen molar-refractivity contribution in [3.8, 4) is 63.2 Å². The molecule has 0 aliphatic rings. The van der Waals surface area contributed by atoms with Crippen LogP contribution in [0.25, 0.3) is 32.3 Å². The minimum atomic E-state index is -0.997. The van der Waals surface area contributed by atoms with E-state index in [4.69, 9.17) is 37.9 Å². The Hall–Kier alpha value is -10.8. The topological polar surface area (TPSA) is 375 Å². The number of hydrogen-bond donors (Lipinski definition) is 3. The van der Waals surface area contributed by atoms with Gasteiger partial charge in [-0.05, 0) is 52.6 Å². The number of fused-ring (bicyclic) bond motifs is 3. The summed E-state index contributed by atoms with van der Waals surface area (Å²) < 4.78 is 49.3. The van der Waals surface area contributed by atoms with Crippen molar-refractivity contribution in [2.24, 2.45) is 0 Å². The molecule has 412 valence electrons. The Kier molecular flexibility index (Phi) is 20.1. The largest absolute Gasteiger partial charge is 0.504 e. The molecule has 6 aromatic carbocycles. The Morgan fingerprint density at radius 3 is 1.05 bits per heavy atom. The summed E-state index contributed by atoms with van der Waals surface area (Å²) in [5.74, 6) is -13.2. The summed E-state index contributed by atoms with van der Waals surface area (Å²) in [5.41, 5.74) is -2.97. The number of carbonyl (C=O) groups excluding carboxylic acids is 10. The first-order valence-corrected chi connectivity index (χ1v) is 22.2. The van der Waals surface area contributed by atoms with Gasteiger partial charge in [-0.2, -0.15) is 0 Å². The van der Waals surface area contributed by atoms with Crippen molar-refractivity contribution in [1.29, 1.82) is 0 Å². The number of rotatable bonds is 10. The van der Waals surface area contributed by atoms with Crippen molar-refractivity contribution in [1.82, 2.24) is 0 Å². The normalized spacial score (nSPS) is 10.2. The summed E-state index contributed by atoms with van der Waals surface area (Å²) in [4.78, 5) is 151. The summed E-state index contributed by atoms with van der Waals surface area (Å²) in [6.45, 7) is 8.69. The molecule has 0 heterocycles. The number of ether oxygens (including phenoxy) is 10. The number of esters is 10. The van der Waals surface area contributed by atoms with Crippen LogP contribution in [0, 0.1) is 0 Å². The van der Waals surface area contributed by atoms with Gasteiger partial charge in [0.25, 0.3) is 0 Å². The van der Waals surface area contributed by atoms with Crippen LogP contribution in [0.5, 0.6) is 63.2 Å². The van der Waals surface area contributed by atoms with Crippen molar-refractivity contribution in [2.75, 3.05) is 14.2 Å². The highest BCUT2D eigenvalue weighted by atomic mass is 16.6. The fourth-order valence-corrected chi connectivity index (χ4v) is 6.85. The lowest BCUT2D eigenvalue weighted by Crippen LogP contribution is -2.11. The highest BCUT2D eigenvalue weighted by Crippen LogP contribution is 2.48. The first kappa shape index (κ1) is 60.8. The number of hydrogen-bond acceptors (Lipinski definition) is 26. The lowest BCUT2D eigenvalue weighted by Gasteiger charge is -2.15. The Morgan fingerprint density at radius 1 is 0.329 bits per heavy atom. The van der Waals surface area contributed by atoms with E-state index < -0.39 is 116 Å². The molecule has 0 unspecified atom stereocenters. The van der Waals surface area contributed by atoms with Crippen molar-refractivity contribution in [3.63, 3.8) is 0 Å². The van der Waals surface area contributed by atoms with Crippen molar-refractivity contribution < 1.29 is 111 Å². The molecule has 0 atom stereocenters. The predicted octanol–water partition coefficient (Wildman–Crippen LogP) is 4.69. The maximum absolute atomic E-state index is 12.3. The molecular formula is C53H44O26. The van der Waals surface area contributed by atoms with E-state index in [9.17, 15) is 77.6 Å². The Morgan fingerprint density at radius 2 is 0.646 bits per heavy atom. The molecule has 0 bridgehead atoms. The van der Waals surface area contributed by atoms with Crippen LogP contribution < -0.4 is 54.2 Å². The summed E-state index contributed by atoms with van der Waals surface area (Å²) in [6, 6.07) is 13.2. The molecule has 0 saturated carbocycles. The van der Waals surface area contributed by atoms with Crippen LogP contribution in [0.4, 0.5) is 0 Å². The minimum Gasteiger partial charge on any atom is -0.504 e. The standard InChI is InChI=1S/C19H16O10.2C17H14O8/c1-8(20)27-14-7-11-5-12(19(25)26-4)6-13(23)16(24)15(11)18(29-10(3)22)17(14)28-9(2)21;1-8(18)24-13-5-4-10-6-11(17(22)23-3)7-12(20)15(21)14(10)16(13)25-9(2)19;1-8(18)23-13-7-11-5-4-6-12(21)15(22)14(11)17(25-10(3)20)16(13)24-9(2)19/h5-7H,1-4H3,(H,23,24);4-7H,1-3H3,(H,20,21);4-7H,1-3H3,(H,21,22). The molecule has 0 fully saturated rings. The summed E-state index contributed by atoms with van der Waals surface area (Å²) in [7, 11) is 2.24. The van der Waals surface area contributed by atoms with Crippen molar-refractivity contribution in [3.05, 3.63) is 109 Å². The number of aromatic hydroxyl groups is 3. The third-order valence-electron chi connectivity index (χ3n) is 9.58. The maximum Gasteiger partial charge on any atom is 0.338 e. The molecule has 0 spiro atoms. The first-order valence-electron chi connectivity index (χ1n) is 22.2. The van der Waals surface area contributed by atoms with Gasteiger partial charge in [0.1, 0.15) is 0 Å². The van der Waals surface area contributed by atoms with Gasteiger partial charge in [-0.1, -0.05) is 18.2 Å². The quantitative estimate of drug-likeness (QED) is 0.124. The third kappa shape index (κ3) is 15.4. The Bertz CT molecular complexity index is 3770. The van der Waals surface area contributed by atoms with Crippen LogP contribution >= 0.6 is 0 Å². The van der Waals surface area contributed by atoms with Gasteiger partial charge in [-0.3, -0.25) is 52.7 Å². The molecule has 3 N–H and O–H groups in total. The van der Waals surface area contributed by atoms with Gasteiger partial charge in [0.15, 0.2) is 51.7 Å². The highest BCUT2D eigenvalue weighted by Gasteiger charge is 2.27. The lowest BCUT2D eigenvalue weighted by molar-refractivity contribution is -0.135. The van der Waals surface area contributed by atoms with Crippen LogP contribution in [-0.2, 0) is 47.8 Å². The molecular weight excluding hydrogens is 1050 g/mol. The molecule has 6 aromatic rings. The van der Waals surface area contributed by atoms with Crippen LogP contribution in [0.2, 0.25) is 0 Å². The second-order valence-electron chi connectivity index (χ2n) is 15.7. The second kappa shape index (κ2) is 26.1. The number of carbonyl (C=O) groups is 10. The van der Waals surface area contributed by atoms with E-state index >= 15 is 0 Å². The van der Waals surface area contributed by atoms with Gasteiger partial charge >= 0.3 is 59.7 Å². The zero-order valence-corrected chi connectivity index (χ0v) is 43.1. The molecule has 26 heteroatoms. The van der Waals surface area contributed by atoms with E-state index in [-0.39, 0.29) is 66.4 Å². The SMILES string of the molecule is CC(=O)Oc1cc2cccc(=O)c(O)c2c(OC(C)=O)c1OC(C)=O.COC(=O)c1cc(=O)c(O)c2c(OC(C)=O)c(OC(C)=O)c(OC(C)=O)cc2c1.COC(=O)c1cc(=O)c(O)c2c(OC(C)=O)c(OC(C)=O)ccc2c1. The van der Waals surface area contributed by atoms with E-state index in [1.165, 1.54) is 36.4 Å². The van der Waals surface area contributed by atoms with Gasteiger partial charge in [0.05, 0.1) is 41.5 Å². The average molecular weight is 1100 g/mol. The zero-order chi connectivity index (χ0) is 59.3. The predicted molar refractivity (Wildman–Crippen MR) is 269 cm³/mol. The van der Waals surface area contributed by atoms with E-state index in [1.807, 2.05) is 0 Å². The summed E-state index contributed by atoms with van der Waals surface area (Å²) in [6.07, 6.45) is 0. The highest BCUT2D eigenvalue weighted by molar-refractivity contribution is 6.04. The van der Waals surface area contributed by atoms with Crippen molar-refractivity contribution in [2.45, 2.75) is 55.4 Å². The van der Waals surface area contributed by atoms with Crippen molar-refractivity contribution >= 4 is 92.0 Å². The molecule has 0 aliphatic heterocycles. The van der Waals surface area contributed by atoms with Crippen LogP contribution in [0.3, 0.4) is 0 Å². The van der Waals surface area contributed by atoms with Crippen LogP contribution in [0.15, 0.2) is 81.1 Å². The molecule has 0 aromatic heterocycles. The van der Waals surface area contributed by atoms with Gasteiger partial charge in [-0.25, -0.2) is 9.59 Å². The summed E-state index contributed by atoms with van der Waals surface area (Å²) in [5, 5.41) is 30.6. The van der Waals surface area contributed by atoms with E-state index in [2.05, 4.69) is 9.47 Å². The lowest BCUT2D eigenvalue weighted by atomic mass is 10.1. The van der Waals surface area contributed by atoms with Gasteiger partial charge in [-0.15, -0.1) is 0 Å². The van der Waals surface area contributed by atoms with E-state index in [1.54, 1.807) is 0 Å². The minimum absolute atomic E-state index is 0.0339. The number of benzene rings is 3. The molecule has 0 saturated heterocycles. The Labute approximate surface area is 443 Å². The van der Waals surface area contributed by atoms with Gasteiger partial charge in [0.2, 0.25) is 27.8 Å². The summed E-state index contributed by atoms with van der Waals surface area (Å²) >= 11 is 0.